The zero-order valence-electron chi connectivity index (χ0n) is 11.4. The van der Waals surface area contributed by atoms with Gasteiger partial charge in [-0.2, -0.15) is 5.26 Å². The smallest absolute Gasteiger partial charge is 0.239 e. The van der Waals surface area contributed by atoms with E-state index in [2.05, 4.69) is 32.6 Å². The Hall–Kier alpha value is -1.54. The van der Waals surface area contributed by atoms with Gasteiger partial charge in [0.2, 0.25) is 5.91 Å². The first-order chi connectivity index (χ1) is 8.88. The molecule has 0 spiro atoms. The lowest BCUT2D eigenvalue weighted by atomic mass is 10.0. The monoisotopic (exact) mass is 323 g/mol. The van der Waals surface area contributed by atoms with Crippen molar-refractivity contribution in [2.75, 3.05) is 11.9 Å². The van der Waals surface area contributed by atoms with Crippen molar-refractivity contribution in [2.24, 2.45) is 0 Å². The summed E-state index contributed by atoms with van der Waals surface area (Å²) in [7, 11) is 0. The fourth-order valence-electron chi connectivity index (χ4n) is 1.41. The molecule has 0 saturated heterocycles. The third kappa shape index (κ3) is 4.92. The predicted octanol–water partition coefficient (Wildman–Crippen LogP) is 3.04. The van der Waals surface area contributed by atoms with Crippen LogP contribution in [0.5, 0.6) is 0 Å². The molecule has 1 aromatic carbocycles. The van der Waals surface area contributed by atoms with E-state index in [4.69, 9.17) is 5.26 Å². The molecule has 0 bridgehead atoms. The van der Waals surface area contributed by atoms with Gasteiger partial charge in [0.25, 0.3) is 0 Å². The van der Waals surface area contributed by atoms with Gasteiger partial charge in [0.1, 0.15) is 0 Å². The van der Waals surface area contributed by atoms with E-state index in [1.54, 1.807) is 18.2 Å². The molecule has 2 N–H and O–H groups in total. The van der Waals surface area contributed by atoms with Crippen LogP contribution in [-0.2, 0) is 4.79 Å². The first kappa shape index (κ1) is 15.5. The summed E-state index contributed by atoms with van der Waals surface area (Å²) in [4.78, 5) is 11.8. The number of halogens is 1. The summed E-state index contributed by atoms with van der Waals surface area (Å²) >= 11 is 3.37. The lowest BCUT2D eigenvalue weighted by Gasteiger charge is -2.24. The summed E-state index contributed by atoms with van der Waals surface area (Å²) in [6.07, 6.45) is 0.874. The van der Waals surface area contributed by atoms with Crippen molar-refractivity contribution >= 4 is 27.5 Å². The summed E-state index contributed by atoms with van der Waals surface area (Å²) in [5.74, 6) is -0.0527. The van der Waals surface area contributed by atoms with Crippen molar-refractivity contribution in [1.29, 1.82) is 5.26 Å². The maximum Gasteiger partial charge on any atom is 0.239 e. The third-order valence-corrected chi connectivity index (χ3v) is 3.56. The number of nitriles is 1. The van der Waals surface area contributed by atoms with Crippen LogP contribution >= 0.6 is 15.9 Å². The highest BCUT2D eigenvalue weighted by molar-refractivity contribution is 9.10. The molecule has 0 saturated carbocycles. The van der Waals surface area contributed by atoms with E-state index in [1.807, 2.05) is 20.8 Å². The van der Waals surface area contributed by atoms with Crippen LogP contribution in [0.2, 0.25) is 0 Å². The first-order valence-corrected chi connectivity index (χ1v) is 6.92. The van der Waals surface area contributed by atoms with E-state index >= 15 is 0 Å². The molecule has 1 rings (SSSR count). The Balaban J connectivity index is 2.58. The minimum atomic E-state index is -0.194. The fourth-order valence-corrected chi connectivity index (χ4v) is 1.93. The Morgan fingerprint density at radius 2 is 2.16 bits per heavy atom. The number of rotatable bonds is 5. The van der Waals surface area contributed by atoms with Gasteiger partial charge in [-0.1, -0.05) is 6.92 Å². The molecular formula is C14H18BrN3O. The van der Waals surface area contributed by atoms with Gasteiger partial charge in [0.05, 0.1) is 18.2 Å². The molecular weight excluding hydrogens is 306 g/mol. The largest absolute Gasteiger partial charge is 0.375 e. The molecule has 1 amide bonds. The van der Waals surface area contributed by atoms with Crippen molar-refractivity contribution < 1.29 is 4.79 Å². The lowest BCUT2D eigenvalue weighted by molar-refractivity contribution is -0.121. The van der Waals surface area contributed by atoms with Crippen molar-refractivity contribution in [2.45, 2.75) is 32.7 Å². The van der Waals surface area contributed by atoms with Crippen LogP contribution < -0.4 is 10.6 Å². The Morgan fingerprint density at radius 3 is 2.68 bits per heavy atom. The third-order valence-electron chi connectivity index (χ3n) is 2.90. The van der Waals surface area contributed by atoms with Crippen LogP contribution in [0.4, 0.5) is 5.69 Å². The number of nitrogens with zero attached hydrogens (tertiary/aromatic N) is 1. The molecule has 0 radical (unpaired) electrons. The van der Waals surface area contributed by atoms with Crippen LogP contribution in [0.3, 0.4) is 0 Å². The molecule has 0 atom stereocenters. The maximum atomic E-state index is 11.8. The van der Waals surface area contributed by atoms with Crippen molar-refractivity contribution in [3.8, 4) is 6.07 Å². The van der Waals surface area contributed by atoms with Crippen molar-refractivity contribution in [1.82, 2.24) is 5.32 Å². The summed E-state index contributed by atoms with van der Waals surface area (Å²) in [6.45, 7) is 6.21. The van der Waals surface area contributed by atoms with E-state index in [9.17, 15) is 4.79 Å². The van der Waals surface area contributed by atoms with Gasteiger partial charge in [-0.15, -0.1) is 0 Å². The van der Waals surface area contributed by atoms with Crippen LogP contribution in [-0.4, -0.2) is 18.0 Å². The first-order valence-electron chi connectivity index (χ1n) is 6.12. The Labute approximate surface area is 122 Å². The van der Waals surface area contributed by atoms with Gasteiger partial charge in [0, 0.05) is 15.7 Å². The average Bonchev–Trinajstić information content (AvgIpc) is 2.36. The quantitative estimate of drug-likeness (QED) is 0.875. The summed E-state index contributed by atoms with van der Waals surface area (Å²) in [5.41, 5.74) is 1.18. The van der Waals surface area contributed by atoms with Gasteiger partial charge < -0.3 is 10.6 Å². The van der Waals surface area contributed by atoms with Gasteiger partial charge >= 0.3 is 0 Å². The topological polar surface area (TPSA) is 64.9 Å². The minimum absolute atomic E-state index is 0.0527. The molecule has 4 nitrogen and oxygen atoms in total. The number of anilines is 1. The lowest BCUT2D eigenvalue weighted by Crippen LogP contribution is -2.45. The number of carbonyl (C=O) groups excluding carboxylic acids is 1. The highest BCUT2D eigenvalue weighted by Gasteiger charge is 2.17. The molecule has 102 valence electrons. The molecule has 0 fully saturated rings. The predicted molar refractivity (Wildman–Crippen MR) is 79.9 cm³/mol. The number of nitrogens with one attached hydrogen (secondary N) is 2. The van der Waals surface area contributed by atoms with E-state index < -0.39 is 0 Å². The average molecular weight is 324 g/mol. The van der Waals surface area contributed by atoms with E-state index in [0.717, 1.165) is 16.6 Å². The van der Waals surface area contributed by atoms with Crippen molar-refractivity contribution in [3.63, 3.8) is 0 Å². The Kier molecular flexibility index (Phi) is 5.37. The second-order valence-electron chi connectivity index (χ2n) is 4.95. The van der Waals surface area contributed by atoms with Gasteiger partial charge in [-0.05, 0) is 54.4 Å². The molecule has 5 heteroatoms. The van der Waals surface area contributed by atoms with Gasteiger partial charge in [-0.3, -0.25) is 4.79 Å². The second-order valence-corrected chi connectivity index (χ2v) is 5.80. The second kappa shape index (κ2) is 6.58. The number of hydrogen-bond acceptors (Lipinski definition) is 3. The highest BCUT2D eigenvalue weighted by atomic mass is 79.9. The molecule has 0 aliphatic heterocycles. The number of amides is 1. The molecule has 0 aliphatic carbocycles. The van der Waals surface area contributed by atoms with Crippen LogP contribution in [0.1, 0.15) is 32.8 Å². The fraction of sp³-hybridized carbons (Fsp3) is 0.429. The summed E-state index contributed by atoms with van der Waals surface area (Å²) in [6, 6.07) is 7.27. The maximum absolute atomic E-state index is 11.8. The number of hydrogen-bond donors (Lipinski definition) is 2. The van der Waals surface area contributed by atoms with Gasteiger partial charge in [0.15, 0.2) is 0 Å². The SMILES string of the molecule is CCC(C)(C)NC(=O)CNc1ccc(C#N)cc1Br. The molecule has 19 heavy (non-hydrogen) atoms. The summed E-state index contributed by atoms with van der Waals surface area (Å²) < 4.78 is 0.772. The Bertz CT molecular complexity index is 506. The van der Waals surface area contributed by atoms with Gasteiger partial charge in [-0.25, -0.2) is 0 Å². The van der Waals surface area contributed by atoms with Crippen LogP contribution in [0.25, 0.3) is 0 Å². The van der Waals surface area contributed by atoms with Crippen LogP contribution in [0.15, 0.2) is 22.7 Å². The summed E-state index contributed by atoms with van der Waals surface area (Å²) in [5, 5.41) is 14.8. The zero-order valence-corrected chi connectivity index (χ0v) is 13.0. The highest BCUT2D eigenvalue weighted by Crippen LogP contribution is 2.23. The molecule has 0 unspecified atom stereocenters. The van der Waals surface area contributed by atoms with E-state index in [-0.39, 0.29) is 18.0 Å². The zero-order chi connectivity index (χ0) is 14.5. The van der Waals surface area contributed by atoms with E-state index in [1.165, 1.54) is 0 Å². The Morgan fingerprint density at radius 1 is 1.47 bits per heavy atom. The van der Waals surface area contributed by atoms with Crippen LogP contribution in [0, 0.1) is 11.3 Å². The molecule has 0 aliphatic rings. The molecule has 1 aromatic rings. The number of carbonyl (C=O) groups is 1. The minimum Gasteiger partial charge on any atom is -0.375 e. The number of benzene rings is 1. The molecule has 0 aromatic heterocycles. The normalized spacial score (nSPS) is 10.7. The van der Waals surface area contributed by atoms with Crippen molar-refractivity contribution in [3.05, 3.63) is 28.2 Å². The molecule has 0 heterocycles. The standard InChI is InChI=1S/C14H18BrN3O/c1-4-14(2,3)18-13(19)9-17-12-6-5-10(8-16)7-11(12)15/h5-7,17H,4,9H2,1-3H3,(H,18,19). The van der Waals surface area contributed by atoms with E-state index in [0.29, 0.717) is 5.56 Å².